The lowest BCUT2D eigenvalue weighted by Crippen LogP contribution is -2.15. The predicted octanol–water partition coefficient (Wildman–Crippen LogP) is 3.22. The third-order valence-electron chi connectivity index (χ3n) is 4.46. The number of nitrogens with zero attached hydrogens (tertiary/aromatic N) is 2. The summed E-state index contributed by atoms with van der Waals surface area (Å²) in [6.45, 7) is 0.489. The Hall–Kier alpha value is -3.59. The standard InChI is InChI=1S/C20H19N3O9S2/c1-12(24)21-15-4-2-3-13-5-7-18(26)20(19(13)15)23-22-16-11-14(6-8-17(16)25)33(27,28)10-9-32-34(29,30)31/h2-8,11,25-26H,9-10H2,1H3,(H,21,24)(H,29,30,31). The van der Waals surface area contributed by atoms with Crippen LogP contribution in [0.15, 0.2) is 63.7 Å². The second kappa shape index (κ2) is 9.72. The van der Waals surface area contributed by atoms with Crippen molar-refractivity contribution in [3.8, 4) is 11.5 Å². The molecule has 3 aromatic carbocycles. The summed E-state index contributed by atoms with van der Waals surface area (Å²) in [7, 11) is -8.88. The van der Waals surface area contributed by atoms with E-state index in [1.165, 1.54) is 13.0 Å². The first-order chi connectivity index (χ1) is 15.9. The zero-order chi connectivity index (χ0) is 25.1. The SMILES string of the molecule is CC(=O)Nc1cccc2ccc(O)c(N=Nc3cc(S(=O)(=O)CCOS(=O)(=O)O)ccc3O)c12. The number of carbonyl (C=O) groups is 1. The second-order valence-electron chi connectivity index (χ2n) is 6.94. The molecule has 0 spiro atoms. The van der Waals surface area contributed by atoms with Crippen LogP contribution < -0.4 is 5.32 Å². The molecule has 0 atom stereocenters. The summed E-state index contributed by atoms with van der Waals surface area (Å²) in [5.74, 6) is -1.83. The first kappa shape index (κ1) is 25.0. The molecule has 3 rings (SSSR count). The normalized spacial score (nSPS) is 12.3. The monoisotopic (exact) mass is 509 g/mol. The summed E-state index contributed by atoms with van der Waals surface area (Å²) < 4.78 is 58.7. The molecule has 0 heterocycles. The number of hydrogen-bond donors (Lipinski definition) is 4. The highest BCUT2D eigenvalue weighted by Gasteiger charge is 2.19. The van der Waals surface area contributed by atoms with Crippen LogP contribution in [-0.4, -0.2) is 49.9 Å². The molecule has 0 radical (unpaired) electrons. The van der Waals surface area contributed by atoms with Crippen LogP contribution in [0.3, 0.4) is 0 Å². The molecule has 14 heteroatoms. The maximum Gasteiger partial charge on any atom is 0.397 e. The number of aromatic hydroxyl groups is 2. The van der Waals surface area contributed by atoms with Crippen molar-refractivity contribution in [1.29, 1.82) is 0 Å². The summed E-state index contributed by atoms with van der Waals surface area (Å²) in [6, 6.07) is 11.1. The lowest BCUT2D eigenvalue weighted by Gasteiger charge is -2.10. The number of hydrogen-bond acceptors (Lipinski definition) is 10. The molecule has 0 aliphatic carbocycles. The molecule has 0 aliphatic heterocycles. The molecule has 4 N–H and O–H groups in total. The van der Waals surface area contributed by atoms with Gasteiger partial charge in [0.25, 0.3) is 0 Å². The molecule has 180 valence electrons. The number of anilines is 1. The highest BCUT2D eigenvalue weighted by molar-refractivity contribution is 7.91. The number of sulfone groups is 1. The Labute approximate surface area is 194 Å². The first-order valence-electron chi connectivity index (χ1n) is 9.49. The summed E-state index contributed by atoms with van der Waals surface area (Å²) in [4.78, 5) is 11.2. The van der Waals surface area contributed by atoms with E-state index in [9.17, 15) is 31.8 Å². The van der Waals surface area contributed by atoms with Gasteiger partial charge in [0.2, 0.25) is 5.91 Å². The molecule has 0 fully saturated rings. The fourth-order valence-corrected chi connectivity index (χ4v) is 4.50. The molecule has 0 aromatic heterocycles. The van der Waals surface area contributed by atoms with E-state index in [-0.39, 0.29) is 27.9 Å². The number of rotatable bonds is 8. The van der Waals surface area contributed by atoms with Crippen molar-refractivity contribution in [3.63, 3.8) is 0 Å². The third kappa shape index (κ3) is 6.05. The second-order valence-corrected chi connectivity index (χ2v) is 10.1. The van der Waals surface area contributed by atoms with E-state index in [0.29, 0.717) is 16.5 Å². The van der Waals surface area contributed by atoms with Crippen LogP contribution >= 0.6 is 0 Å². The van der Waals surface area contributed by atoms with E-state index in [1.807, 2.05) is 0 Å². The van der Waals surface area contributed by atoms with E-state index < -0.39 is 38.3 Å². The molecule has 0 bridgehead atoms. The van der Waals surface area contributed by atoms with Gasteiger partial charge in [-0.05, 0) is 35.7 Å². The summed E-state index contributed by atoms with van der Waals surface area (Å²) >= 11 is 0. The average molecular weight is 510 g/mol. The Balaban J connectivity index is 2.01. The van der Waals surface area contributed by atoms with Gasteiger partial charge in [-0.25, -0.2) is 12.6 Å². The lowest BCUT2D eigenvalue weighted by molar-refractivity contribution is -0.114. The number of phenols is 2. The van der Waals surface area contributed by atoms with E-state index >= 15 is 0 Å². The molecule has 1 amide bonds. The number of carbonyl (C=O) groups excluding carboxylic acids is 1. The van der Waals surface area contributed by atoms with Crippen LogP contribution in [-0.2, 0) is 29.2 Å². The van der Waals surface area contributed by atoms with Crippen molar-refractivity contribution < 1.29 is 40.6 Å². The Bertz CT molecular complexity index is 1500. The van der Waals surface area contributed by atoms with Gasteiger partial charge < -0.3 is 15.5 Å². The van der Waals surface area contributed by atoms with E-state index in [1.54, 1.807) is 24.3 Å². The van der Waals surface area contributed by atoms with Crippen LogP contribution in [0.1, 0.15) is 6.92 Å². The van der Waals surface area contributed by atoms with Crippen molar-refractivity contribution in [3.05, 3.63) is 48.5 Å². The quantitative estimate of drug-likeness (QED) is 0.261. The molecular formula is C20H19N3O9S2. The van der Waals surface area contributed by atoms with Crippen LogP contribution in [0.4, 0.5) is 17.1 Å². The zero-order valence-electron chi connectivity index (χ0n) is 17.5. The lowest BCUT2D eigenvalue weighted by atomic mass is 10.1. The zero-order valence-corrected chi connectivity index (χ0v) is 19.2. The maximum absolute atomic E-state index is 12.4. The molecule has 3 aromatic rings. The van der Waals surface area contributed by atoms with E-state index in [2.05, 4.69) is 19.7 Å². The van der Waals surface area contributed by atoms with Gasteiger partial charge in [0.15, 0.2) is 9.84 Å². The molecule has 0 aliphatic rings. The van der Waals surface area contributed by atoms with Gasteiger partial charge >= 0.3 is 10.4 Å². The van der Waals surface area contributed by atoms with E-state index in [4.69, 9.17) is 4.55 Å². The minimum Gasteiger partial charge on any atom is -0.506 e. The minimum atomic E-state index is -4.80. The van der Waals surface area contributed by atoms with Crippen LogP contribution in [0.25, 0.3) is 10.8 Å². The maximum atomic E-state index is 12.4. The van der Waals surface area contributed by atoms with Gasteiger partial charge in [-0.1, -0.05) is 18.2 Å². The fourth-order valence-electron chi connectivity index (χ4n) is 2.99. The largest absolute Gasteiger partial charge is 0.506 e. The van der Waals surface area contributed by atoms with Gasteiger partial charge in [-0.15, -0.1) is 10.2 Å². The number of benzene rings is 3. The molecule has 34 heavy (non-hydrogen) atoms. The smallest absolute Gasteiger partial charge is 0.397 e. The molecule has 12 nitrogen and oxygen atoms in total. The number of fused-ring (bicyclic) bond motifs is 1. The number of amides is 1. The molecule has 0 saturated carbocycles. The topological polar surface area (TPSA) is 192 Å². The van der Waals surface area contributed by atoms with Crippen LogP contribution in [0.2, 0.25) is 0 Å². The van der Waals surface area contributed by atoms with Crippen molar-refractivity contribution in [1.82, 2.24) is 0 Å². The first-order valence-corrected chi connectivity index (χ1v) is 12.5. The van der Waals surface area contributed by atoms with Gasteiger partial charge in [0.1, 0.15) is 22.9 Å². The van der Waals surface area contributed by atoms with Gasteiger partial charge in [-0.2, -0.15) is 8.42 Å². The summed E-state index contributed by atoms with van der Waals surface area (Å²) in [6.07, 6.45) is 0. The van der Waals surface area contributed by atoms with Crippen molar-refractivity contribution >= 4 is 54.0 Å². The molecule has 0 unspecified atom stereocenters. The summed E-state index contributed by atoms with van der Waals surface area (Å²) in [5, 5.41) is 31.9. The Morgan fingerprint density at radius 3 is 2.38 bits per heavy atom. The molecule has 0 saturated heterocycles. The highest BCUT2D eigenvalue weighted by atomic mass is 32.3. The number of nitrogens with one attached hydrogen (secondary N) is 1. The predicted molar refractivity (Wildman–Crippen MR) is 122 cm³/mol. The van der Waals surface area contributed by atoms with Crippen molar-refractivity contribution in [2.75, 3.05) is 17.7 Å². The Morgan fingerprint density at radius 1 is 1.00 bits per heavy atom. The number of azo groups is 1. The average Bonchev–Trinajstić information content (AvgIpc) is 2.72. The van der Waals surface area contributed by atoms with Crippen molar-refractivity contribution in [2.45, 2.75) is 11.8 Å². The van der Waals surface area contributed by atoms with Gasteiger partial charge in [0.05, 0.1) is 22.9 Å². The summed E-state index contributed by atoms with van der Waals surface area (Å²) in [5.41, 5.74) is 0.0653. The van der Waals surface area contributed by atoms with Gasteiger partial charge in [0, 0.05) is 12.3 Å². The van der Waals surface area contributed by atoms with E-state index in [0.717, 1.165) is 18.2 Å². The third-order valence-corrected chi connectivity index (χ3v) is 6.60. The van der Waals surface area contributed by atoms with Crippen LogP contribution in [0, 0.1) is 0 Å². The van der Waals surface area contributed by atoms with Crippen LogP contribution in [0.5, 0.6) is 11.5 Å². The Kier molecular flexibility index (Phi) is 7.16. The fraction of sp³-hybridized carbons (Fsp3) is 0.150. The van der Waals surface area contributed by atoms with Gasteiger partial charge in [-0.3, -0.25) is 9.35 Å². The Morgan fingerprint density at radius 2 is 1.71 bits per heavy atom. The minimum absolute atomic E-state index is 0.0314. The van der Waals surface area contributed by atoms with Crippen molar-refractivity contribution in [2.24, 2.45) is 10.2 Å². The highest BCUT2D eigenvalue weighted by Crippen LogP contribution is 2.41. The number of phenolic OH excluding ortho intramolecular Hbond substituents is 2. The molecular weight excluding hydrogens is 490 g/mol.